The van der Waals surface area contributed by atoms with Crippen LogP contribution in [0.2, 0.25) is 0 Å². The molecule has 30 heavy (non-hydrogen) atoms. The first-order valence-corrected chi connectivity index (χ1v) is 9.65. The van der Waals surface area contributed by atoms with E-state index in [1.807, 2.05) is 18.3 Å². The fourth-order valence-corrected chi connectivity index (χ4v) is 4.04. The Kier molecular flexibility index (Phi) is 5.15. The number of hydrogen-bond acceptors (Lipinski definition) is 4. The predicted octanol–water partition coefficient (Wildman–Crippen LogP) is 5.48. The van der Waals surface area contributed by atoms with Crippen LogP contribution in [0.3, 0.4) is 0 Å². The minimum absolute atomic E-state index is 0.0139. The van der Waals surface area contributed by atoms with Gasteiger partial charge in [0.25, 0.3) is 5.69 Å². The molecule has 0 amide bonds. The summed E-state index contributed by atoms with van der Waals surface area (Å²) >= 11 is 0. The average Bonchev–Trinajstić information content (AvgIpc) is 3.27. The van der Waals surface area contributed by atoms with E-state index in [4.69, 9.17) is 0 Å². The molecule has 0 bridgehead atoms. The number of fused-ring (bicyclic) bond motifs is 1. The van der Waals surface area contributed by atoms with Crippen molar-refractivity contribution in [1.82, 2.24) is 9.88 Å². The Morgan fingerprint density at radius 1 is 1.27 bits per heavy atom. The molecule has 158 valence electrons. The summed E-state index contributed by atoms with van der Waals surface area (Å²) in [4.78, 5) is 16.1. The van der Waals surface area contributed by atoms with Crippen LogP contribution in [0.25, 0.3) is 10.9 Å². The molecule has 0 spiro atoms. The number of likely N-dealkylation sites (N-methyl/N-ethyl adjacent to an activating group) is 1. The van der Waals surface area contributed by atoms with E-state index in [-0.39, 0.29) is 5.69 Å². The summed E-state index contributed by atoms with van der Waals surface area (Å²) in [6.45, 7) is 1.08. The van der Waals surface area contributed by atoms with Gasteiger partial charge in [0.15, 0.2) is 0 Å². The number of H-pyrrole nitrogens is 1. The molecule has 1 aliphatic heterocycles. The molecular weight excluding hydrogens is 397 g/mol. The lowest BCUT2D eigenvalue weighted by molar-refractivity contribution is -0.384. The van der Waals surface area contributed by atoms with E-state index < -0.39 is 22.4 Å². The molecule has 0 aliphatic carbocycles. The van der Waals surface area contributed by atoms with Crippen molar-refractivity contribution < 1.29 is 18.1 Å². The Morgan fingerprint density at radius 3 is 2.73 bits per heavy atom. The van der Waals surface area contributed by atoms with E-state index in [1.54, 1.807) is 6.07 Å². The van der Waals surface area contributed by atoms with Gasteiger partial charge >= 0.3 is 6.18 Å². The van der Waals surface area contributed by atoms with Gasteiger partial charge in [-0.05, 0) is 68.8 Å². The third kappa shape index (κ3) is 3.97. The van der Waals surface area contributed by atoms with Crippen LogP contribution in [0.5, 0.6) is 0 Å². The molecule has 6 nitrogen and oxygen atoms in total. The quantitative estimate of drug-likeness (QED) is 0.425. The highest BCUT2D eigenvalue weighted by Gasteiger charge is 2.33. The van der Waals surface area contributed by atoms with E-state index in [1.165, 1.54) is 6.42 Å². The number of rotatable bonds is 5. The molecule has 1 fully saturated rings. The van der Waals surface area contributed by atoms with Crippen molar-refractivity contribution in [3.05, 3.63) is 63.8 Å². The molecule has 1 aliphatic rings. The molecule has 1 aromatic heterocycles. The van der Waals surface area contributed by atoms with E-state index in [2.05, 4.69) is 22.2 Å². The van der Waals surface area contributed by atoms with Crippen molar-refractivity contribution >= 4 is 28.0 Å². The second kappa shape index (κ2) is 7.64. The van der Waals surface area contributed by atoms with E-state index in [9.17, 15) is 23.3 Å². The zero-order valence-corrected chi connectivity index (χ0v) is 16.3. The van der Waals surface area contributed by atoms with Crippen LogP contribution in [0.15, 0.2) is 42.6 Å². The van der Waals surface area contributed by atoms with Crippen LogP contribution in [0.4, 0.5) is 30.2 Å². The molecule has 2 N–H and O–H groups in total. The Morgan fingerprint density at radius 2 is 2.07 bits per heavy atom. The molecule has 0 saturated carbocycles. The van der Waals surface area contributed by atoms with Gasteiger partial charge in [-0.3, -0.25) is 10.1 Å². The highest BCUT2D eigenvalue weighted by atomic mass is 19.4. The molecule has 2 heterocycles. The number of likely N-dealkylation sites (tertiary alicyclic amines) is 1. The third-order valence-electron chi connectivity index (χ3n) is 5.70. The molecule has 9 heteroatoms. The molecule has 1 saturated heterocycles. The van der Waals surface area contributed by atoms with Crippen LogP contribution in [-0.2, 0) is 12.6 Å². The van der Waals surface area contributed by atoms with Gasteiger partial charge < -0.3 is 15.2 Å². The second-order valence-electron chi connectivity index (χ2n) is 7.67. The Labute approximate surface area is 170 Å². The van der Waals surface area contributed by atoms with Crippen molar-refractivity contribution in [3.63, 3.8) is 0 Å². The van der Waals surface area contributed by atoms with Gasteiger partial charge in [-0.15, -0.1) is 0 Å². The third-order valence-corrected chi connectivity index (χ3v) is 5.70. The number of halogens is 3. The first kappa shape index (κ1) is 20.2. The zero-order chi connectivity index (χ0) is 21.5. The Balaban J connectivity index is 1.64. The number of hydrogen-bond donors (Lipinski definition) is 2. The van der Waals surface area contributed by atoms with Crippen molar-refractivity contribution in [2.24, 2.45) is 0 Å². The zero-order valence-electron chi connectivity index (χ0n) is 16.3. The van der Waals surface area contributed by atoms with Crippen molar-refractivity contribution in [2.45, 2.75) is 31.5 Å². The van der Waals surface area contributed by atoms with Crippen LogP contribution < -0.4 is 5.32 Å². The lowest BCUT2D eigenvalue weighted by Crippen LogP contribution is -2.26. The number of nitro benzene ring substituents is 1. The summed E-state index contributed by atoms with van der Waals surface area (Å²) in [7, 11) is 2.11. The van der Waals surface area contributed by atoms with E-state index >= 15 is 0 Å². The fraction of sp³-hybridized carbons (Fsp3) is 0.333. The summed E-state index contributed by atoms with van der Waals surface area (Å²) in [5.74, 6) is 0. The number of alkyl halides is 3. The lowest BCUT2D eigenvalue weighted by Gasteiger charge is -2.18. The number of nitrogens with one attached hydrogen (secondary N) is 2. The van der Waals surface area contributed by atoms with E-state index in [0.717, 1.165) is 48.0 Å². The second-order valence-corrected chi connectivity index (χ2v) is 7.67. The smallest absolute Gasteiger partial charge is 0.361 e. The molecule has 1 atom stereocenters. The first-order valence-electron chi connectivity index (χ1n) is 9.65. The molecule has 4 rings (SSSR count). The number of nitro groups is 1. The summed E-state index contributed by atoms with van der Waals surface area (Å²) in [5, 5.41) is 15.2. The van der Waals surface area contributed by atoms with Crippen LogP contribution in [0.1, 0.15) is 24.0 Å². The van der Waals surface area contributed by atoms with Crippen molar-refractivity contribution in [3.8, 4) is 0 Å². The van der Waals surface area contributed by atoms with Gasteiger partial charge in [0.05, 0.1) is 10.5 Å². The highest BCUT2D eigenvalue weighted by molar-refractivity contribution is 5.88. The lowest BCUT2D eigenvalue weighted by atomic mass is 10.0. The summed E-state index contributed by atoms with van der Waals surface area (Å²) in [6, 6.07) is 8.43. The predicted molar refractivity (Wildman–Crippen MR) is 109 cm³/mol. The Bertz CT molecular complexity index is 1090. The molecular formula is C21H21F3N4O2. The maximum atomic E-state index is 12.9. The van der Waals surface area contributed by atoms with E-state index in [0.29, 0.717) is 17.8 Å². The number of benzene rings is 2. The summed E-state index contributed by atoms with van der Waals surface area (Å²) < 4.78 is 38.8. The largest absolute Gasteiger partial charge is 0.416 e. The van der Waals surface area contributed by atoms with Gasteiger partial charge in [0.1, 0.15) is 5.69 Å². The van der Waals surface area contributed by atoms with Crippen molar-refractivity contribution in [1.29, 1.82) is 0 Å². The molecule has 2 aromatic carbocycles. The van der Waals surface area contributed by atoms with Gasteiger partial charge in [-0.25, -0.2) is 0 Å². The first-order chi connectivity index (χ1) is 14.2. The number of aromatic amines is 1. The number of nitrogens with zero attached hydrogens (tertiary/aromatic N) is 2. The topological polar surface area (TPSA) is 74.2 Å². The van der Waals surface area contributed by atoms with Crippen LogP contribution in [-0.4, -0.2) is 34.4 Å². The molecule has 3 aromatic rings. The molecule has 1 unspecified atom stereocenters. The average molecular weight is 418 g/mol. The minimum atomic E-state index is -4.64. The van der Waals surface area contributed by atoms with Crippen molar-refractivity contribution in [2.75, 3.05) is 18.9 Å². The molecule has 0 radical (unpaired) electrons. The fourth-order valence-electron chi connectivity index (χ4n) is 4.04. The highest BCUT2D eigenvalue weighted by Crippen LogP contribution is 2.36. The minimum Gasteiger partial charge on any atom is -0.361 e. The maximum absolute atomic E-state index is 12.9. The SMILES string of the molecule is CN1CCCC1Cc1c[nH]c2ccc(Nc3ccc(C(F)(F)F)cc3[N+](=O)[O-])cc12. The summed E-state index contributed by atoms with van der Waals surface area (Å²) in [6.07, 6.45) is 0.532. The number of anilines is 2. The van der Waals surface area contributed by atoms with Gasteiger partial charge in [-0.2, -0.15) is 13.2 Å². The van der Waals surface area contributed by atoms with Crippen LogP contribution >= 0.6 is 0 Å². The van der Waals surface area contributed by atoms with Gasteiger partial charge in [-0.1, -0.05) is 0 Å². The van der Waals surface area contributed by atoms with Gasteiger partial charge in [0, 0.05) is 34.9 Å². The maximum Gasteiger partial charge on any atom is 0.416 e. The Hall–Kier alpha value is -3.07. The standard InChI is InChI=1S/C21H21F3N4O2/c1-27-8-2-3-16(27)9-13-12-25-18-7-5-15(11-17(13)18)26-19-6-4-14(21(22,23)24)10-20(19)28(29)30/h4-7,10-12,16,25-26H,2-3,8-9H2,1H3. The monoisotopic (exact) mass is 418 g/mol. The normalized spacial score (nSPS) is 17.5. The summed E-state index contributed by atoms with van der Waals surface area (Å²) in [5.41, 5.74) is 1.01. The van der Waals surface area contributed by atoms with Gasteiger partial charge in [0.2, 0.25) is 0 Å². The number of aromatic nitrogens is 1. The van der Waals surface area contributed by atoms with Crippen LogP contribution in [0, 0.1) is 10.1 Å².